The molecular formula is C14H25N5O. The molecule has 112 valence electrons. The first-order chi connectivity index (χ1) is 9.59. The molecule has 1 aliphatic rings. The van der Waals surface area contributed by atoms with Crippen LogP contribution in [0, 0.1) is 0 Å². The van der Waals surface area contributed by atoms with Gasteiger partial charge in [-0.25, -0.2) is 4.98 Å². The largest absolute Gasteiger partial charge is 0.348 e. The highest BCUT2D eigenvalue weighted by Gasteiger charge is 2.17. The van der Waals surface area contributed by atoms with Crippen molar-refractivity contribution >= 4 is 11.9 Å². The molecule has 0 aromatic carbocycles. The van der Waals surface area contributed by atoms with Crippen LogP contribution in [0.4, 0.5) is 5.95 Å². The maximum Gasteiger partial charge on any atom is 0.223 e. The van der Waals surface area contributed by atoms with Crippen LogP contribution in [-0.4, -0.2) is 54.1 Å². The van der Waals surface area contributed by atoms with Gasteiger partial charge < -0.3 is 19.7 Å². The van der Waals surface area contributed by atoms with Gasteiger partial charge in [-0.2, -0.15) is 0 Å². The molecule has 0 radical (unpaired) electrons. The van der Waals surface area contributed by atoms with Crippen LogP contribution < -0.4 is 10.2 Å². The van der Waals surface area contributed by atoms with E-state index >= 15 is 0 Å². The number of rotatable bonds is 6. The summed E-state index contributed by atoms with van der Waals surface area (Å²) < 4.78 is 2.06. The Bertz CT molecular complexity index is 448. The monoisotopic (exact) mass is 279 g/mol. The lowest BCUT2D eigenvalue weighted by molar-refractivity contribution is -0.130. The number of likely N-dealkylation sites (tertiary alicyclic amines) is 1. The standard InChI is InChI=1S/C14H25N5O/c1-17(2)14-16-11-12(18(14)3)10-15-7-6-13(20)19-8-4-5-9-19/h11,15H,4-10H2,1-3H3. The summed E-state index contributed by atoms with van der Waals surface area (Å²) in [7, 11) is 5.97. The fourth-order valence-corrected chi connectivity index (χ4v) is 2.55. The van der Waals surface area contributed by atoms with E-state index in [1.807, 2.05) is 37.1 Å². The van der Waals surface area contributed by atoms with E-state index in [-0.39, 0.29) is 5.91 Å². The molecule has 1 N–H and O–H groups in total. The van der Waals surface area contributed by atoms with Gasteiger partial charge in [-0.15, -0.1) is 0 Å². The predicted molar refractivity (Wildman–Crippen MR) is 79.7 cm³/mol. The van der Waals surface area contributed by atoms with Gasteiger partial charge in [0.25, 0.3) is 0 Å². The van der Waals surface area contributed by atoms with E-state index in [0.717, 1.165) is 50.7 Å². The maximum absolute atomic E-state index is 11.9. The summed E-state index contributed by atoms with van der Waals surface area (Å²) in [5, 5.41) is 3.32. The Kier molecular flexibility index (Phi) is 5.00. The second-order valence-corrected chi connectivity index (χ2v) is 5.52. The molecule has 1 aromatic heterocycles. The zero-order valence-corrected chi connectivity index (χ0v) is 12.7. The van der Waals surface area contributed by atoms with Gasteiger partial charge in [-0.3, -0.25) is 4.79 Å². The van der Waals surface area contributed by atoms with Crippen molar-refractivity contribution < 1.29 is 4.79 Å². The number of carbonyl (C=O) groups is 1. The Morgan fingerprint density at radius 1 is 1.40 bits per heavy atom. The predicted octanol–water partition coefficient (Wildman–Crippen LogP) is 0.588. The second kappa shape index (κ2) is 6.74. The molecule has 6 heteroatoms. The molecule has 0 saturated carbocycles. The van der Waals surface area contributed by atoms with Gasteiger partial charge in [-0.05, 0) is 12.8 Å². The highest BCUT2D eigenvalue weighted by Crippen LogP contribution is 2.11. The first kappa shape index (κ1) is 14.8. The normalized spacial score (nSPS) is 14.8. The van der Waals surface area contributed by atoms with Crippen LogP contribution in [0.25, 0.3) is 0 Å². The van der Waals surface area contributed by atoms with Gasteiger partial charge in [-0.1, -0.05) is 0 Å². The van der Waals surface area contributed by atoms with Gasteiger partial charge in [0.05, 0.1) is 11.9 Å². The van der Waals surface area contributed by atoms with Crippen LogP contribution in [0.2, 0.25) is 0 Å². The lowest BCUT2D eigenvalue weighted by Gasteiger charge is -2.15. The van der Waals surface area contributed by atoms with E-state index < -0.39 is 0 Å². The second-order valence-electron chi connectivity index (χ2n) is 5.52. The first-order valence-electron chi connectivity index (χ1n) is 7.26. The van der Waals surface area contributed by atoms with Crippen molar-refractivity contribution in [2.24, 2.45) is 7.05 Å². The van der Waals surface area contributed by atoms with Crippen LogP contribution in [-0.2, 0) is 18.4 Å². The van der Waals surface area contributed by atoms with Crippen molar-refractivity contribution in [1.29, 1.82) is 0 Å². The minimum absolute atomic E-state index is 0.272. The number of anilines is 1. The van der Waals surface area contributed by atoms with Crippen LogP contribution in [0.15, 0.2) is 6.20 Å². The summed E-state index contributed by atoms with van der Waals surface area (Å²) in [6.45, 7) is 3.34. The molecule has 2 heterocycles. The number of hydrogen-bond acceptors (Lipinski definition) is 4. The Morgan fingerprint density at radius 3 is 2.70 bits per heavy atom. The summed E-state index contributed by atoms with van der Waals surface area (Å²) in [5.74, 6) is 1.21. The number of imidazole rings is 1. The fraction of sp³-hybridized carbons (Fsp3) is 0.714. The molecule has 1 aromatic rings. The van der Waals surface area contributed by atoms with Crippen LogP contribution in [0.5, 0.6) is 0 Å². The number of carbonyl (C=O) groups excluding carboxylic acids is 1. The van der Waals surface area contributed by atoms with E-state index in [2.05, 4.69) is 14.9 Å². The molecule has 1 aliphatic heterocycles. The quantitative estimate of drug-likeness (QED) is 0.774. The molecule has 1 fully saturated rings. The lowest BCUT2D eigenvalue weighted by atomic mass is 10.3. The molecule has 6 nitrogen and oxygen atoms in total. The van der Waals surface area contributed by atoms with Gasteiger partial charge >= 0.3 is 0 Å². The van der Waals surface area contributed by atoms with Crippen molar-refractivity contribution in [1.82, 2.24) is 19.8 Å². The number of hydrogen-bond donors (Lipinski definition) is 1. The SMILES string of the molecule is CN(C)c1ncc(CNCCC(=O)N2CCCC2)n1C. The lowest BCUT2D eigenvalue weighted by Crippen LogP contribution is -2.30. The number of aromatic nitrogens is 2. The third-order valence-electron chi connectivity index (χ3n) is 3.74. The first-order valence-corrected chi connectivity index (χ1v) is 7.26. The average molecular weight is 279 g/mol. The van der Waals surface area contributed by atoms with E-state index in [1.165, 1.54) is 0 Å². The average Bonchev–Trinajstić information content (AvgIpc) is 3.04. The van der Waals surface area contributed by atoms with Crippen molar-refractivity contribution in [3.8, 4) is 0 Å². The fourth-order valence-electron chi connectivity index (χ4n) is 2.55. The molecule has 1 saturated heterocycles. The Morgan fingerprint density at radius 2 is 2.10 bits per heavy atom. The number of nitrogens with zero attached hydrogens (tertiary/aromatic N) is 4. The van der Waals surface area contributed by atoms with Crippen LogP contribution in [0.1, 0.15) is 25.0 Å². The number of amides is 1. The summed E-state index contributed by atoms with van der Waals surface area (Å²) in [6, 6.07) is 0. The summed E-state index contributed by atoms with van der Waals surface area (Å²) in [5.41, 5.74) is 1.13. The van der Waals surface area contributed by atoms with Crippen molar-refractivity contribution in [2.75, 3.05) is 38.6 Å². The highest BCUT2D eigenvalue weighted by molar-refractivity contribution is 5.76. The molecule has 0 aliphatic carbocycles. The van der Waals surface area contributed by atoms with E-state index in [4.69, 9.17) is 0 Å². The van der Waals surface area contributed by atoms with E-state index in [9.17, 15) is 4.79 Å². The van der Waals surface area contributed by atoms with Gasteiger partial charge in [0.15, 0.2) is 0 Å². The molecule has 0 spiro atoms. The van der Waals surface area contributed by atoms with Crippen molar-refractivity contribution in [3.05, 3.63) is 11.9 Å². The third kappa shape index (κ3) is 3.50. The van der Waals surface area contributed by atoms with Crippen LogP contribution >= 0.6 is 0 Å². The van der Waals surface area contributed by atoms with Gasteiger partial charge in [0, 0.05) is 53.7 Å². The highest BCUT2D eigenvalue weighted by atomic mass is 16.2. The van der Waals surface area contributed by atoms with Gasteiger partial charge in [0.2, 0.25) is 11.9 Å². The molecule has 0 unspecified atom stereocenters. The summed E-state index contributed by atoms with van der Waals surface area (Å²) >= 11 is 0. The topological polar surface area (TPSA) is 53.4 Å². The Labute approximate surface area is 120 Å². The molecule has 2 rings (SSSR count). The molecule has 0 bridgehead atoms. The van der Waals surface area contributed by atoms with E-state index in [1.54, 1.807) is 0 Å². The zero-order valence-electron chi connectivity index (χ0n) is 12.7. The Balaban J connectivity index is 1.72. The molecular weight excluding hydrogens is 254 g/mol. The summed E-state index contributed by atoms with van der Waals surface area (Å²) in [4.78, 5) is 20.2. The summed E-state index contributed by atoms with van der Waals surface area (Å²) in [6.07, 6.45) is 4.77. The molecule has 20 heavy (non-hydrogen) atoms. The third-order valence-corrected chi connectivity index (χ3v) is 3.74. The maximum atomic E-state index is 11.9. The Hall–Kier alpha value is -1.56. The molecule has 0 atom stereocenters. The van der Waals surface area contributed by atoms with E-state index in [0.29, 0.717) is 6.42 Å². The van der Waals surface area contributed by atoms with Crippen molar-refractivity contribution in [3.63, 3.8) is 0 Å². The minimum Gasteiger partial charge on any atom is -0.348 e. The van der Waals surface area contributed by atoms with Crippen LogP contribution in [0.3, 0.4) is 0 Å². The van der Waals surface area contributed by atoms with Gasteiger partial charge in [0.1, 0.15) is 0 Å². The minimum atomic E-state index is 0.272. The number of nitrogens with one attached hydrogen (secondary N) is 1. The smallest absolute Gasteiger partial charge is 0.223 e. The van der Waals surface area contributed by atoms with Crippen molar-refractivity contribution in [2.45, 2.75) is 25.8 Å². The molecule has 1 amide bonds. The zero-order chi connectivity index (χ0) is 14.5.